The second kappa shape index (κ2) is 3.74. The number of aldehydes is 1. The van der Waals surface area contributed by atoms with Gasteiger partial charge < -0.3 is 4.74 Å². The van der Waals surface area contributed by atoms with E-state index in [1.54, 1.807) is 13.2 Å². The fourth-order valence-corrected chi connectivity index (χ4v) is 1.75. The molecule has 1 aliphatic carbocycles. The molecule has 0 radical (unpaired) electrons. The number of hydrogen-bond donors (Lipinski definition) is 0. The molecule has 1 saturated carbocycles. The van der Waals surface area contributed by atoms with E-state index >= 15 is 0 Å². The van der Waals surface area contributed by atoms with E-state index in [1.165, 1.54) is 0 Å². The molecule has 15 heavy (non-hydrogen) atoms. The van der Waals surface area contributed by atoms with Gasteiger partial charge in [0, 0.05) is 5.56 Å². The smallest absolute Gasteiger partial charge is 0.150 e. The first-order valence-corrected chi connectivity index (χ1v) is 4.87. The first-order valence-electron chi connectivity index (χ1n) is 4.87. The van der Waals surface area contributed by atoms with Crippen molar-refractivity contribution in [3.63, 3.8) is 0 Å². The van der Waals surface area contributed by atoms with E-state index in [4.69, 9.17) is 10.00 Å². The molecule has 0 unspecified atom stereocenters. The summed E-state index contributed by atoms with van der Waals surface area (Å²) < 4.78 is 5.23. The Morgan fingerprint density at radius 3 is 2.73 bits per heavy atom. The zero-order valence-electron chi connectivity index (χ0n) is 8.49. The maximum Gasteiger partial charge on any atom is 0.150 e. The van der Waals surface area contributed by atoms with Gasteiger partial charge in [0.05, 0.1) is 12.7 Å². The van der Waals surface area contributed by atoms with Crippen molar-refractivity contribution in [2.75, 3.05) is 7.11 Å². The fraction of sp³-hybridized carbons (Fsp3) is 0.333. The van der Waals surface area contributed by atoms with Gasteiger partial charge in [-0.1, -0.05) is 0 Å². The van der Waals surface area contributed by atoms with Crippen molar-refractivity contribution in [2.45, 2.75) is 18.8 Å². The standard InChI is InChI=1S/C12H11NO2/c1-15-12-10(6-13)4-8(7-14)5-11(12)9-2-3-9/h4-5,7,9H,2-3H2,1H3. The van der Waals surface area contributed by atoms with Crippen molar-refractivity contribution in [3.05, 3.63) is 28.8 Å². The highest BCUT2D eigenvalue weighted by atomic mass is 16.5. The van der Waals surface area contributed by atoms with Crippen molar-refractivity contribution in [1.29, 1.82) is 5.26 Å². The summed E-state index contributed by atoms with van der Waals surface area (Å²) in [6.07, 6.45) is 3.00. The highest BCUT2D eigenvalue weighted by Crippen LogP contribution is 2.45. The van der Waals surface area contributed by atoms with Gasteiger partial charge in [-0.05, 0) is 36.5 Å². The van der Waals surface area contributed by atoms with Crippen LogP contribution in [0.3, 0.4) is 0 Å². The highest BCUT2D eigenvalue weighted by Gasteiger charge is 2.28. The van der Waals surface area contributed by atoms with Crippen LogP contribution in [0.15, 0.2) is 12.1 Å². The van der Waals surface area contributed by atoms with Gasteiger partial charge in [-0.3, -0.25) is 4.79 Å². The minimum atomic E-state index is 0.448. The number of carbonyl (C=O) groups is 1. The lowest BCUT2D eigenvalue weighted by atomic mass is 10.0. The predicted molar refractivity (Wildman–Crippen MR) is 55.1 cm³/mol. The van der Waals surface area contributed by atoms with E-state index < -0.39 is 0 Å². The van der Waals surface area contributed by atoms with Crippen LogP contribution in [-0.4, -0.2) is 13.4 Å². The van der Waals surface area contributed by atoms with E-state index in [-0.39, 0.29) is 0 Å². The molecule has 0 aliphatic heterocycles. The van der Waals surface area contributed by atoms with Crippen LogP contribution < -0.4 is 4.74 Å². The third-order valence-corrected chi connectivity index (χ3v) is 2.62. The van der Waals surface area contributed by atoms with E-state index in [2.05, 4.69) is 6.07 Å². The lowest BCUT2D eigenvalue weighted by Crippen LogP contribution is -1.96. The molecule has 1 aromatic rings. The first kappa shape index (κ1) is 9.72. The minimum absolute atomic E-state index is 0.448. The molecule has 3 heteroatoms. The molecule has 76 valence electrons. The van der Waals surface area contributed by atoms with Gasteiger partial charge in [0.2, 0.25) is 0 Å². The Morgan fingerprint density at radius 2 is 2.27 bits per heavy atom. The van der Waals surface area contributed by atoms with E-state index in [9.17, 15) is 4.79 Å². The molecule has 0 aromatic heterocycles. The lowest BCUT2D eigenvalue weighted by Gasteiger charge is -2.09. The highest BCUT2D eigenvalue weighted by molar-refractivity contribution is 5.77. The van der Waals surface area contributed by atoms with E-state index in [1.807, 2.05) is 6.07 Å². The Labute approximate surface area is 88.3 Å². The molecule has 2 rings (SSSR count). The van der Waals surface area contributed by atoms with Gasteiger partial charge in [0.15, 0.2) is 0 Å². The summed E-state index contributed by atoms with van der Waals surface area (Å²) in [6, 6.07) is 5.45. The number of benzene rings is 1. The van der Waals surface area contributed by atoms with Crippen LogP contribution in [0, 0.1) is 11.3 Å². The number of ether oxygens (including phenoxy) is 1. The monoisotopic (exact) mass is 201 g/mol. The Balaban J connectivity index is 2.59. The molecule has 1 aromatic carbocycles. The molecular formula is C12H11NO2. The SMILES string of the molecule is COc1c(C#N)cc(C=O)cc1C1CC1. The normalized spacial score (nSPS) is 14.4. The quantitative estimate of drug-likeness (QED) is 0.705. The molecule has 1 aliphatic rings. The summed E-state index contributed by atoms with van der Waals surface area (Å²) in [6.45, 7) is 0. The van der Waals surface area contributed by atoms with Crippen LogP contribution in [-0.2, 0) is 0 Å². The molecule has 0 spiro atoms. The molecular weight excluding hydrogens is 190 g/mol. The lowest BCUT2D eigenvalue weighted by molar-refractivity contribution is 0.112. The molecule has 0 atom stereocenters. The predicted octanol–water partition coefficient (Wildman–Crippen LogP) is 2.26. The van der Waals surface area contributed by atoms with Gasteiger partial charge in [-0.2, -0.15) is 5.26 Å². The van der Waals surface area contributed by atoms with Crippen LogP contribution in [0.2, 0.25) is 0 Å². The van der Waals surface area contributed by atoms with Gasteiger partial charge in [0.1, 0.15) is 18.1 Å². The van der Waals surface area contributed by atoms with Gasteiger partial charge in [0.25, 0.3) is 0 Å². The molecule has 0 heterocycles. The van der Waals surface area contributed by atoms with Gasteiger partial charge in [-0.25, -0.2) is 0 Å². The summed E-state index contributed by atoms with van der Waals surface area (Å²) in [5, 5.41) is 8.95. The van der Waals surface area contributed by atoms with Crippen LogP contribution in [0.1, 0.15) is 40.2 Å². The van der Waals surface area contributed by atoms with Crippen LogP contribution in [0.5, 0.6) is 5.75 Å². The second-order valence-electron chi connectivity index (χ2n) is 3.69. The number of hydrogen-bond acceptors (Lipinski definition) is 3. The summed E-state index contributed by atoms with van der Waals surface area (Å²) >= 11 is 0. The van der Waals surface area contributed by atoms with Crippen LogP contribution in [0.4, 0.5) is 0 Å². The van der Waals surface area contributed by atoms with Crippen molar-refractivity contribution in [1.82, 2.24) is 0 Å². The number of methoxy groups -OCH3 is 1. The zero-order valence-corrected chi connectivity index (χ0v) is 8.49. The number of carbonyl (C=O) groups excluding carboxylic acids is 1. The van der Waals surface area contributed by atoms with Crippen molar-refractivity contribution >= 4 is 6.29 Å². The molecule has 0 N–H and O–H groups in total. The molecule has 3 nitrogen and oxygen atoms in total. The summed E-state index contributed by atoms with van der Waals surface area (Å²) in [5.74, 6) is 1.09. The number of nitrogens with zero attached hydrogens (tertiary/aromatic N) is 1. The number of rotatable bonds is 3. The average molecular weight is 201 g/mol. The Morgan fingerprint density at radius 1 is 1.53 bits per heavy atom. The van der Waals surface area contributed by atoms with E-state index in [0.717, 1.165) is 24.7 Å². The second-order valence-corrected chi connectivity index (χ2v) is 3.69. The minimum Gasteiger partial charge on any atom is -0.495 e. The average Bonchev–Trinajstić information content (AvgIpc) is 3.10. The maximum absolute atomic E-state index is 10.7. The largest absolute Gasteiger partial charge is 0.495 e. The molecule has 0 bridgehead atoms. The number of nitriles is 1. The summed E-state index contributed by atoms with van der Waals surface area (Å²) in [4.78, 5) is 10.7. The van der Waals surface area contributed by atoms with Crippen molar-refractivity contribution < 1.29 is 9.53 Å². The zero-order chi connectivity index (χ0) is 10.8. The maximum atomic E-state index is 10.7. The first-order chi connectivity index (χ1) is 7.30. The topological polar surface area (TPSA) is 50.1 Å². The van der Waals surface area contributed by atoms with Crippen molar-refractivity contribution in [2.24, 2.45) is 0 Å². The van der Waals surface area contributed by atoms with Crippen LogP contribution >= 0.6 is 0 Å². The molecule has 0 amide bonds. The molecule has 0 saturated heterocycles. The Kier molecular flexibility index (Phi) is 2.42. The van der Waals surface area contributed by atoms with Gasteiger partial charge in [-0.15, -0.1) is 0 Å². The van der Waals surface area contributed by atoms with Crippen molar-refractivity contribution in [3.8, 4) is 11.8 Å². The van der Waals surface area contributed by atoms with Crippen LogP contribution in [0.25, 0.3) is 0 Å². The Bertz CT molecular complexity index is 442. The third-order valence-electron chi connectivity index (χ3n) is 2.62. The van der Waals surface area contributed by atoms with E-state index in [0.29, 0.717) is 22.8 Å². The summed E-state index contributed by atoms with van der Waals surface area (Å²) in [5.41, 5.74) is 2.00. The third kappa shape index (κ3) is 1.71. The molecule has 1 fully saturated rings. The summed E-state index contributed by atoms with van der Waals surface area (Å²) in [7, 11) is 1.56. The Hall–Kier alpha value is -1.82. The van der Waals surface area contributed by atoms with Gasteiger partial charge >= 0.3 is 0 Å². The fourth-order valence-electron chi connectivity index (χ4n) is 1.75.